The van der Waals surface area contributed by atoms with Crippen LogP contribution in [0.25, 0.3) is 0 Å². The van der Waals surface area contributed by atoms with Crippen LogP contribution in [0, 0.1) is 5.82 Å². The van der Waals surface area contributed by atoms with Gasteiger partial charge < -0.3 is 10.5 Å². The van der Waals surface area contributed by atoms with Crippen molar-refractivity contribution < 1.29 is 9.13 Å². The fraction of sp³-hybridized carbons (Fsp3) is 0.615. The minimum absolute atomic E-state index is 0.0890. The zero-order valence-electron chi connectivity index (χ0n) is 10.7. The fourth-order valence-corrected chi connectivity index (χ4v) is 2.29. The summed E-state index contributed by atoms with van der Waals surface area (Å²) in [6, 6.07) is 1.10. The Morgan fingerprint density at radius 3 is 3.17 bits per heavy atom. The van der Waals surface area contributed by atoms with Crippen LogP contribution in [0.4, 0.5) is 4.39 Å². The van der Waals surface area contributed by atoms with Crippen molar-refractivity contribution in [1.82, 2.24) is 9.88 Å². The summed E-state index contributed by atoms with van der Waals surface area (Å²) in [6.07, 6.45) is 3.81. The number of nitrogens with two attached hydrogens (primary N) is 1. The highest BCUT2D eigenvalue weighted by molar-refractivity contribution is 5.16. The van der Waals surface area contributed by atoms with Crippen LogP contribution in [-0.2, 0) is 4.74 Å². The molecule has 0 aliphatic carbocycles. The predicted molar refractivity (Wildman–Crippen MR) is 67.6 cm³/mol. The molecule has 1 aromatic heterocycles. The van der Waals surface area contributed by atoms with Gasteiger partial charge in [-0.25, -0.2) is 4.39 Å². The van der Waals surface area contributed by atoms with E-state index < -0.39 is 0 Å². The molecule has 18 heavy (non-hydrogen) atoms. The van der Waals surface area contributed by atoms with E-state index in [9.17, 15) is 4.39 Å². The van der Waals surface area contributed by atoms with Crippen molar-refractivity contribution in [1.29, 1.82) is 0 Å². The van der Waals surface area contributed by atoms with Crippen molar-refractivity contribution in [2.45, 2.75) is 25.5 Å². The number of pyridine rings is 1. The molecule has 2 heterocycles. The number of hydrogen-bond acceptors (Lipinski definition) is 4. The van der Waals surface area contributed by atoms with Gasteiger partial charge in [0, 0.05) is 19.3 Å². The van der Waals surface area contributed by atoms with Crippen LogP contribution >= 0.6 is 0 Å². The molecule has 2 unspecified atom stereocenters. The second-order valence-corrected chi connectivity index (χ2v) is 4.67. The van der Waals surface area contributed by atoms with Gasteiger partial charge >= 0.3 is 0 Å². The zero-order valence-corrected chi connectivity index (χ0v) is 10.7. The third-order valence-corrected chi connectivity index (χ3v) is 3.23. The molecule has 0 radical (unpaired) electrons. The Morgan fingerprint density at radius 2 is 2.44 bits per heavy atom. The van der Waals surface area contributed by atoms with E-state index in [1.54, 1.807) is 6.20 Å². The average Bonchev–Trinajstić information content (AvgIpc) is 2.39. The first-order valence-electron chi connectivity index (χ1n) is 6.40. The molecule has 1 aliphatic heterocycles. The molecule has 4 nitrogen and oxygen atoms in total. The molecular formula is C13H20FN3O. The standard InChI is InChI=1S/C13H20FN3O/c1-2-3-17-4-5-18-12(9-17)13(15)10-6-11(14)8-16-7-10/h6-8,12-13H,2-5,9,15H2,1H3. The SMILES string of the molecule is CCCN1CCOC(C(N)c2cncc(F)c2)C1. The Bertz CT molecular complexity index is 386. The summed E-state index contributed by atoms with van der Waals surface area (Å²) in [6.45, 7) is 5.62. The summed E-state index contributed by atoms with van der Waals surface area (Å²) >= 11 is 0. The number of ether oxygens (including phenoxy) is 1. The maximum absolute atomic E-state index is 13.1. The van der Waals surface area contributed by atoms with Gasteiger partial charge in [0.15, 0.2) is 0 Å². The number of nitrogens with zero attached hydrogens (tertiary/aromatic N) is 2. The highest BCUT2D eigenvalue weighted by Crippen LogP contribution is 2.20. The highest BCUT2D eigenvalue weighted by Gasteiger charge is 2.26. The molecule has 2 N–H and O–H groups in total. The number of hydrogen-bond donors (Lipinski definition) is 1. The van der Waals surface area contributed by atoms with E-state index >= 15 is 0 Å². The molecule has 1 saturated heterocycles. The molecule has 100 valence electrons. The van der Waals surface area contributed by atoms with E-state index in [1.807, 2.05) is 0 Å². The lowest BCUT2D eigenvalue weighted by Gasteiger charge is -2.35. The topological polar surface area (TPSA) is 51.4 Å². The number of rotatable bonds is 4. The lowest BCUT2D eigenvalue weighted by Crippen LogP contribution is -2.47. The molecule has 0 amide bonds. The van der Waals surface area contributed by atoms with E-state index in [2.05, 4.69) is 16.8 Å². The van der Waals surface area contributed by atoms with Gasteiger partial charge in [-0.15, -0.1) is 0 Å². The Balaban J connectivity index is 2.02. The zero-order chi connectivity index (χ0) is 13.0. The maximum atomic E-state index is 13.1. The van der Waals surface area contributed by atoms with Gasteiger partial charge in [0.2, 0.25) is 0 Å². The summed E-state index contributed by atoms with van der Waals surface area (Å²) in [7, 11) is 0. The van der Waals surface area contributed by atoms with E-state index in [1.165, 1.54) is 12.3 Å². The second-order valence-electron chi connectivity index (χ2n) is 4.67. The Hall–Kier alpha value is -1.04. The first kappa shape index (κ1) is 13.4. The van der Waals surface area contributed by atoms with Gasteiger partial charge in [0.05, 0.1) is 24.9 Å². The molecule has 0 spiro atoms. The smallest absolute Gasteiger partial charge is 0.141 e. The average molecular weight is 253 g/mol. The number of aromatic nitrogens is 1. The molecule has 2 rings (SSSR count). The van der Waals surface area contributed by atoms with Gasteiger partial charge in [-0.1, -0.05) is 6.92 Å². The number of halogens is 1. The first-order valence-corrected chi connectivity index (χ1v) is 6.40. The van der Waals surface area contributed by atoms with Crippen LogP contribution in [0.5, 0.6) is 0 Å². The molecule has 1 fully saturated rings. The minimum Gasteiger partial charge on any atom is -0.374 e. The Labute approximate surface area is 107 Å². The van der Waals surface area contributed by atoms with E-state index in [0.717, 1.165) is 26.1 Å². The van der Waals surface area contributed by atoms with E-state index in [-0.39, 0.29) is 18.0 Å². The van der Waals surface area contributed by atoms with Gasteiger partial charge in [0.1, 0.15) is 5.82 Å². The van der Waals surface area contributed by atoms with Gasteiger partial charge in [-0.2, -0.15) is 0 Å². The van der Waals surface area contributed by atoms with Gasteiger partial charge in [-0.05, 0) is 24.6 Å². The summed E-state index contributed by atoms with van der Waals surface area (Å²) in [5.41, 5.74) is 6.83. The maximum Gasteiger partial charge on any atom is 0.141 e. The van der Waals surface area contributed by atoms with Crippen LogP contribution in [-0.4, -0.2) is 42.2 Å². The Morgan fingerprint density at radius 1 is 1.61 bits per heavy atom. The van der Waals surface area contributed by atoms with E-state index in [0.29, 0.717) is 12.2 Å². The van der Waals surface area contributed by atoms with Crippen LogP contribution in [0.15, 0.2) is 18.5 Å². The second kappa shape index (κ2) is 6.22. The summed E-state index contributed by atoms with van der Waals surface area (Å²) in [5, 5.41) is 0. The monoisotopic (exact) mass is 253 g/mol. The molecule has 1 aromatic rings. The molecule has 5 heteroatoms. The fourth-order valence-electron chi connectivity index (χ4n) is 2.29. The lowest BCUT2D eigenvalue weighted by atomic mass is 10.0. The van der Waals surface area contributed by atoms with Crippen molar-refractivity contribution in [2.75, 3.05) is 26.2 Å². The minimum atomic E-state index is -0.357. The van der Waals surface area contributed by atoms with Crippen molar-refractivity contribution >= 4 is 0 Å². The van der Waals surface area contributed by atoms with Crippen LogP contribution in [0.1, 0.15) is 24.9 Å². The normalized spacial score (nSPS) is 22.9. The first-order chi connectivity index (χ1) is 8.70. The van der Waals surface area contributed by atoms with Crippen LogP contribution in [0.2, 0.25) is 0 Å². The predicted octanol–water partition coefficient (Wildman–Crippen LogP) is 1.33. The molecular weight excluding hydrogens is 233 g/mol. The van der Waals surface area contributed by atoms with Crippen molar-refractivity contribution in [3.8, 4) is 0 Å². The van der Waals surface area contributed by atoms with Crippen molar-refractivity contribution in [2.24, 2.45) is 5.73 Å². The Kier molecular flexibility index (Phi) is 4.63. The highest BCUT2D eigenvalue weighted by atomic mass is 19.1. The lowest BCUT2D eigenvalue weighted by molar-refractivity contribution is -0.0408. The summed E-state index contributed by atoms with van der Waals surface area (Å²) in [4.78, 5) is 6.17. The van der Waals surface area contributed by atoms with Crippen LogP contribution in [0.3, 0.4) is 0 Å². The van der Waals surface area contributed by atoms with Crippen LogP contribution < -0.4 is 5.73 Å². The van der Waals surface area contributed by atoms with Gasteiger partial charge in [0.25, 0.3) is 0 Å². The van der Waals surface area contributed by atoms with E-state index in [4.69, 9.17) is 10.5 Å². The summed E-state index contributed by atoms with van der Waals surface area (Å²) in [5.74, 6) is -0.357. The molecule has 0 saturated carbocycles. The third-order valence-electron chi connectivity index (χ3n) is 3.23. The summed E-state index contributed by atoms with van der Waals surface area (Å²) < 4.78 is 18.8. The molecule has 0 bridgehead atoms. The number of morpholine rings is 1. The molecule has 0 aromatic carbocycles. The van der Waals surface area contributed by atoms with Crippen molar-refractivity contribution in [3.05, 3.63) is 29.8 Å². The largest absolute Gasteiger partial charge is 0.374 e. The molecule has 2 atom stereocenters. The molecule has 1 aliphatic rings. The van der Waals surface area contributed by atoms with Crippen molar-refractivity contribution in [3.63, 3.8) is 0 Å². The third kappa shape index (κ3) is 3.25. The quantitative estimate of drug-likeness (QED) is 0.879. The van der Waals surface area contributed by atoms with Gasteiger partial charge in [-0.3, -0.25) is 9.88 Å².